The Labute approximate surface area is 112 Å². The van der Waals surface area contributed by atoms with Gasteiger partial charge < -0.3 is 10.3 Å². The number of hydrogen-bond acceptors (Lipinski definition) is 2. The number of nitrogens with two attached hydrogens (primary N) is 1. The molecule has 2 nitrogen and oxygen atoms in total. The summed E-state index contributed by atoms with van der Waals surface area (Å²) in [5.41, 5.74) is 8.42. The predicted molar refractivity (Wildman–Crippen MR) is 77.0 cm³/mol. The van der Waals surface area contributed by atoms with Crippen molar-refractivity contribution in [2.24, 2.45) is 5.73 Å². The first-order chi connectivity index (χ1) is 8.85. The molecule has 18 heavy (non-hydrogen) atoms. The molecule has 0 aliphatic carbocycles. The van der Waals surface area contributed by atoms with Crippen LogP contribution in [0.4, 0.5) is 0 Å². The standard InChI is InChI=1S/C15H18N2S/c16-7-5-12-6-8-17(10-12)11-14-9-13-3-1-2-4-15(13)18-14/h1-4,6,8,10,14H,5,7,9,11,16H2. The molecule has 0 amide bonds. The smallest absolute Gasteiger partial charge is 0.0345 e. The fourth-order valence-electron chi connectivity index (χ4n) is 2.51. The van der Waals surface area contributed by atoms with Crippen molar-refractivity contribution in [1.82, 2.24) is 4.57 Å². The highest BCUT2D eigenvalue weighted by atomic mass is 32.2. The lowest BCUT2D eigenvalue weighted by atomic mass is 10.1. The van der Waals surface area contributed by atoms with Crippen LogP contribution in [0, 0.1) is 0 Å². The second kappa shape index (κ2) is 5.21. The van der Waals surface area contributed by atoms with Crippen molar-refractivity contribution in [2.45, 2.75) is 29.5 Å². The van der Waals surface area contributed by atoms with Gasteiger partial charge >= 0.3 is 0 Å². The normalized spacial score (nSPS) is 17.9. The van der Waals surface area contributed by atoms with Gasteiger partial charge in [0.05, 0.1) is 0 Å². The molecule has 2 N–H and O–H groups in total. The lowest BCUT2D eigenvalue weighted by Crippen LogP contribution is -2.10. The summed E-state index contributed by atoms with van der Waals surface area (Å²) in [6, 6.07) is 10.9. The maximum Gasteiger partial charge on any atom is 0.0345 e. The Bertz CT molecular complexity index is 508. The molecule has 1 atom stereocenters. The molecule has 1 unspecified atom stereocenters. The molecule has 0 bridgehead atoms. The van der Waals surface area contributed by atoms with Crippen LogP contribution in [0.15, 0.2) is 47.6 Å². The van der Waals surface area contributed by atoms with Gasteiger partial charge in [-0.2, -0.15) is 0 Å². The van der Waals surface area contributed by atoms with Gasteiger partial charge in [-0.25, -0.2) is 0 Å². The van der Waals surface area contributed by atoms with E-state index in [1.54, 1.807) is 0 Å². The van der Waals surface area contributed by atoms with Gasteiger partial charge in [0.2, 0.25) is 0 Å². The second-order valence-corrected chi connectivity index (χ2v) is 6.15. The van der Waals surface area contributed by atoms with E-state index in [0.29, 0.717) is 5.25 Å². The third kappa shape index (κ3) is 2.47. The number of aromatic nitrogens is 1. The van der Waals surface area contributed by atoms with Crippen LogP contribution < -0.4 is 5.73 Å². The fourth-order valence-corrected chi connectivity index (χ4v) is 3.84. The summed E-state index contributed by atoms with van der Waals surface area (Å²) in [6.45, 7) is 1.82. The molecule has 3 rings (SSSR count). The van der Waals surface area contributed by atoms with Gasteiger partial charge in [0, 0.05) is 29.1 Å². The minimum absolute atomic E-state index is 0.667. The number of thioether (sulfide) groups is 1. The van der Waals surface area contributed by atoms with E-state index in [9.17, 15) is 0 Å². The Morgan fingerprint density at radius 1 is 1.28 bits per heavy atom. The SMILES string of the molecule is NCCc1ccn(CC2Cc3ccccc3S2)c1. The predicted octanol–water partition coefficient (Wildman–Crippen LogP) is 2.71. The van der Waals surface area contributed by atoms with Crippen LogP contribution in [0.3, 0.4) is 0 Å². The molecule has 0 saturated heterocycles. The molecule has 2 heterocycles. The van der Waals surface area contributed by atoms with E-state index in [2.05, 4.69) is 47.3 Å². The number of rotatable bonds is 4. The highest BCUT2D eigenvalue weighted by Gasteiger charge is 2.21. The summed E-state index contributed by atoms with van der Waals surface area (Å²) in [7, 11) is 0. The summed E-state index contributed by atoms with van der Waals surface area (Å²) in [6.07, 6.45) is 6.57. The van der Waals surface area contributed by atoms with E-state index < -0.39 is 0 Å². The number of nitrogens with zero attached hydrogens (tertiary/aromatic N) is 1. The Morgan fingerprint density at radius 3 is 3.00 bits per heavy atom. The fraction of sp³-hybridized carbons (Fsp3) is 0.333. The van der Waals surface area contributed by atoms with E-state index >= 15 is 0 Å². The van der Waals surface area contributed by atoms with Gasteiger partial charge in [-0.3, -0.25) is 0 Å². The Kier molecular flexibility index (Phi) is 3.43. The number of hydrogen-bond donors (Lipinski definition) is 1. The first-order valence-corrected chi connectivity index (χ1v) is 7.32. The lowest BCUT2D eigenvalue weighted by molar-refractivity contribution is 0.666. The van der Waals surface area contributed by atoms with Crippen molar-refractivity contribution < 1.29 is 0 Å². The molecule has 1 aliphatic heterocycles. The molecule has 3 heteroatoms. The molecular formula is C15H18N2S. The lowest BCUT2D eigenvalue weighted by Gasteiger charge is -2.09. The minimum atomic E-state index is 0.667. The molecule has 94 valence electrons. The van der Waals surface area contributed by atoms with Gasteiger partial charge in [0.25, 0.3) is 0 Å². The van der Waals surface area contributed by atoms with E-state index in [1.165, 1.54) is 22.4 Å². The molecule has 0 saturated carbocycles. The zero-order valence-corrected chi connectivity index (χ0v) is 11.2. The summed E-state index contributed by atoms with van der Waals surface area (Å²) < 4.78 is 2.30. The van der Waals surface area contributed by atoms with Crippen LogP contribution >= 0.6 is 11.8 Å². The maximum absolute atomic E-state index is 5.58. The van der Waals surface area contributed by atoms with Crippen LogP contribution in [0.1, 0.15) is 11.1 Å². The number of fused-ring (bicyclic) bond motifs is 1. The van der Waals surface area contributed by atoms with Gasteiger partial charge in [0.1, 0.15) is 0 Å². The van der Waals surface area contributed by atoms with Crippen LogP contribution in [0.5, 0.6) is 0 Å². The largest absolute Gasteiger partial charge is 0.353 e. The van der Waals surface area contributed by atoms with E-state index in [0.717, 1.165) is 19.5 Å². The van der Waals surface area contributed by atoms with Crippen molar-refractivity contribution in [3.05, 3.63) is 53.9 Å². The molecule has 1 aromatic heterocycles. The highest BCUT2D eigenvalue weighted by molar-refractivity contribution is 8.00. The Morgan fingerprint density at radius 2 is 2.17 bits per heavy atom. The van der Waals surface area contributed by atoms with Gasteiger partial charge in [0.15, 0.2) is 0 Å². The van der Waals surface area contributed by atoms with Crippen LogP contribution in [0.25, 0.3) is 0 Å². The molecule has 0 radical (unpaired) electrons. The average Bonchev–Trinajstić information content (AvgIpc) is 2.96. The highest BCUT2D eigenvalue weighted by Crippen LogP contribution is 2.37. The van der Waals surface area contributed by atoms with Gasteiger partial charge in [-0.15, -0.1) is 11.8 Å². The summed E-state index contributed by atoms with van der Waals surface area (Å²) in [5.74, 6) is 0. The summed E-state index contributed by atoms with van der Waals surface area (Å²) in [5, 5.41) is 0.667. The van der Waals surface area contributed by atoms with Gasteiger partial charge in [-0.05, 0) is 42.6 Å². The molecule has 2 aromatic rings. The van der Waals surface area contributed by atoms with Crippen molar-refractivity contribution in [3.63, 3.8) is 0 Å². The van der Waals surface area contributed by atoms with E-state index in [1.807, 2.05) is 11.8 Å². The van der Waals surface area contributed by atoms with Crippen molar-refractivity contribution in [2.75, 3.05) is 6.54 Å². The molecule has 1 aliphatic rings. The average molecular weight is 258 g/mol. The van der Waals surface area contributed by atoms with Gasteiger partial charge in [-0.1, -0.05) is 18.2 Å². The van der Waals surface area contributed by atoms with Crippen LogP contribution in [0.2, 0.25) is 0 Å². The second-order valence-electron chi connectivity index (χ2n) is 4.81. The molecule has 1 aromatic carbocycles. The monoisotopic (exact) mass is 258 g/mol. The van der Waals surface area contributed by atoms with Crippen molar-refractivity contribution in [3.8, 4) is 0 Å². The first kappa shape index (κ1) is 11.9. The topological polar surface area (TPSA) is 30.9 Å². The van der Waals surface area contributed by atoms with E-state index in [4.69, 9.17) is 5.73 Å². The number of benzene rings is 1. The first-order valence-electron chi connectivity index (χ1n) is 6.44. The minimum Gasteiger partial charge on any atom is -0.353 e. The molecular weight excluding hydrogens is 240 g/mol. The maximum atomic E-state index is 5.58. The quantitative estimate of drug-likeness (QED) is 0.914. The summed E-state index contributed by atoms with van der Waals surface area (Å²) >= 11 is 2.01. The van der Waals surface area contributed by atoms with Crippen LogP contribution in [-0.4, -0.2) is 16.4 Å². The zero-order valence-electron chi connectivity index (χ0n) is 10.4. The zero-order chi connectivity index (χ0) is 12.4. The van der Waals surface area contributed by atoms with Crippen molar-refractivity contribution in [1.29, 1.82) is 0 Å². The Balaban J connectivity index is 1.65. The Hall–Kier alpha value is -1.19. The molecule has 0 spiro atoms. The molecule has 0 fully saturated rings. The van der Waals surface area contributed by atoms with Crippen molar-refractivity contribution >= 4 is 11.8 Å². The van der Waals surface area contributed by atoms with E-state index in [-0.39, 0.29) is 0 Å². The summed E-state index contributed by atoms with van der Waals surface area (Å²) in [4.78, 5) is 1.46. The third-order valence-corrected chi connectivity index (χ3v) is 4.67. The van der Waals surface area contributed by atoms with Crippen LogP contribution in [-0.2, 0) is 19.4 Å². The third-order valence-electron chi connectivity index (χ3n) is 3.37.